The summed E-state index contributed by atoms with van der Waals surface area (Å²) in [4.78, 5) is 11.4. The summed E-state index contributed by atoms with van der Waals surface area (Å²) in [6.45, 7) is 5.56. The van der Waals surface area contributed by atoms with Crippen LogP contribution in [0.15, 0.2) is 60.7 Å². The first-order valence-electron chi connectivity index (χ1n) is 7.73. The highest BCUT2D eigenvalue weighted by atomic mass is 16.6. The summed E-state index contributed by atoms with van der Waals surface area (Å²) < 4.78 is 11.1. The second-order valence-electron chi connectivity index (χ2n) is 5.79. The molecular weight excluding hydrogens is 302 g/mol. The fourth-order valence-corrected chi connectivity index (χ4v) is 2.60. The van der Waals surface area contributed by atoms with Crippen molar-refractivity contribution >= 4 is 5.97 Å². The summed E-state index contributed by atoms with van der Waals surface area (Å²) in [6, 6.07) is 17.2. The summed E-state index contributed by atoms with van der Waals surface area (Å²) in [5.41, 5.74) is 3.21. The Kier molecular flexibility index (Phi) is 4.35. The van der Waals surface area contributed by atoms with Gasteiger partial charge in [-0.15, -0.1) is 0 Å². The van der Waals surface area contributed by atoms with Crippen LogP contribution in [-0.4, -0.2) is 18.2 Å². The molecule has 1 aliphatic rings. The average molecular weight is 319 g/mol. The zero-order chi connectivity index (χ0) is 17.1. The molecule has 24 heavy (non-hydrogen) atoms. The topological polar surface area (TPSA) is 59.3 Å². The van der Waals surface area contributed by atoms with Gasteiger partial charge in [-0.3, -0.25) is 0 Å². The highest BCUT2D eigenvalue weighted by Gasteiger charge is 2.32. The van der Waals surface area contributed by atoms with Gasteiger partial charge in [-0.2, -0.15) is 5.26 Å². The molecule has 2 unspecified atom stereocenters. The number of hydrogen-bond donors (Lipinski definition) is 0. The van der Waals surface area contributed by atoms with Crippen LogP contribution in [0.4, 0.5) is 0 Å². The Labute approximate surface area is 140 Å². The Hall–Kier alpha value is -3.06. The normalized spacial score (nSPS) is 17.9. The van der Waals surface area contributed by atoms with Gasteiger partial charge in [-0.05, 0) is 42.3 Å². The monoisotopic (exact) mass is 319 g/mol. The quantitative estimate of drug-likeness (QED) is 0.634. The Morgan fingerprint density at radius 3 is 2.25 bits per heavy atom. The van der Waals surface area contributed by atoms with Crippen LogP contribution >= 0.6 is 0 Å². The lowest BCUT2D eigenvalue weighted by atomic mass is 10.0. The van der Waals surface area contributed by atoms with Crippen molar-refractivity contribution in [1.82, 2.24) is 0 Å². The van der Waals surface area contributed by atoms with Crippen molar-refractivity contribution in [3.8, 4) is 22.9 Å². The van der Waals surface area contributed by atoms with Gasteiger partial charge in [0, 0.05) is 12.0 Å². The van der Waals surface area contributed by atoms with Gasteiger partial charge in [0.15, 0.2) is 0 Å². The Morgan fingerprint density at radius 1 is 1.17 bits per heavy atom. The molecule has 1 aliphatic heterocycles. The highest BCUT2D eigenvalue weighted by molar-refractivity contribution is 5.90. The number of nitrogens with zero attached hydrogens (tertiary/aromatic N) is 1. The van der Waals surface area contributed by atoms with Crippen molar-refractivity contribution in [2.45, 2.75) is 25.6 Å². The molecule has 2 aromatic rings. The van der Waals surface area contributed by atoms with Crippen LogP contribution in [-0.2, 0) is 9.53 Å². The number of carbonyl (C=O) groups is 1. The number of nitriles is 1. The third-order valence-corrected chi connectivity index (χ3v) is 4.04. The molecule has 120 valence electrons. The first-order valence-corrected chi connectivity index (χ1v) is 7.73. The van der Waals surface area contributed by atoms with Gasteiger partial charge in [0.25, 0.3) is 0 Å². The lowest BCUT2D eigenvalue weighted by molar-refractivity contribution is -0.141. The largest absolute Gasteiger partial charge is 0.487 e. The standard InChI is InChI=1S/C20H17NO3/c1-13-11-19(24-20(13)22)14(2)23-18-9-7-17(8-10-18)16-5-3-15(12-21)4-6-16/h3-10,14,19H,1,11H2,2H3. The van der Waals surface area contributed by atoms with Crippen molar-refractivity contribution in [3.63, 3.8) is 0 Å². The predicted octanol–water partition coefficient (Wildman–Crippen LogP) is 3.86. The molecule has 0 amide bonds. The van der Waals surface area contributed by atoms with Crippen LogP contribution in [0.25, 0.3) is 11.1 Å². The third kappa shape index (κ3) is 3.31. The zero-order valence-corrected chi connectivity index (χ0v) is 13.4. The van der Waals surface area contributed by atoms with Crippen LogP contribution < -0.4 is 4.74 Å². The fraction of sp³-hybridized carbons (Fsp3) is 0.200. The van der Waals surface area contributed by atoms with Crippen LogP contribution in [0.1, 0.15) is 18.9 Å². The second-order valence-corrected chi connectivity index (χ2v) is 5.79. The molecule has 3 rings (SSSR count). The van der Waals surface area contributed by atoms with Crippen molar-refractivity contribution < 1.29 is 14.3 Å². The molecule has 0 radical (unpaired) electrons. The van der Waals surface area contributed by atoms with Crippen LogP contribution in [0.5, 0.6) is 5.75 Å². The molecule has 1 saturated heterocycles. The van der Waals surface area contributed by atoms with E-state index in [4.69, 9.17) is 14.7 Å². The first-order chi connectivity index (χ1) is 11.6. The fourth-order valence-electron chi connectivity index (χ4n) is 2.60. The molecule has 2 aromatic carbocycles. The number of carbonyl (C=O) groups excluding carboxylic acids is 1. The van der Waals surface area contributed by atoms with E-state index in [0.29, 0.717) is 23.3 Å². The van der Waals surface area contributed by atoms with E-state index in [1.807, 2.05) is 43.3 Å². The smallest absolute Gasteiger partial charge is 0.333 e. The van der Waals surface area contributed by atoms with E-state index in [-0.39, 0.29) is 18.2 Å². The van der Waals surface area contributed by atoms with E-state index < -0.39 is 0 Å². The van der Waals surface area contributed by atoms with Gasteiger partial charge < -0.3 is 9.47 Å². The molecule has 0 spiro atoms. The van der Waals surface area contributed by atoms with Gasteiger partial charge in [0.1, 0.15) is 18.0 Å². The lowest BCUT2D eigenvalue weighted by Gasteiger charge is -2.19. The van der Waals surface area contributed by atoms with E-state index in [9.17, 15) is 4.79 Å². The summed E-state index contributed by atoms with van der Waals surface area (Å²) in [5, 5.41) is 8.84. The Balaban J connectivity index is 1.67. The van der Waals surface area contributed by atoms with Crippen LogP contribution in [0.2, 0.25) is 0 Å². The maximum absolute atomic E-state index is 11.4. The summed E-state index contributed by atoms with van der Waals surface area (Å²) >= 11 is 0. The van der Waals surface area contributed by atoms with E-state index >= 15 is 0 Å². The molecule has 1 fully saturated rings. The molecule has 0 N–H and O–H groups in total. The molecule has 1 heterocycles. The number of benzene rings is 2. The molecule has 2 atom stereocenters. The zero-order valence-electron chi connectivity index (χ0n) is 13.4. The molecule has 4 heteroatoms. The number of rotatable bonds is 4. The SMILES string of the molecule is C=C1CC(C(C)Oc2ccc(-c3ccc(C#N)cc3)cc2)OC1=O. The minimum atomic E-state index is -0.341. The Bertz CT molecular complexity index is 784. The number of esters is 1. The van der Waals surface area contributed by atoms with E-state index in [1.165, 1.54) is 0 Å². The first kappa shape index (κ1) is 15.8. The molecule has 0 aromatic heterocycles. The number of ether oxygens (including phenoxy) is 2. The average Bonchev–Trinajstić information content (AvgIpc) is 2.95. The van der Waals surface area contributed by atoms with Gasteiger partial charge in [-0.25, -0.2) is 4.79 Å². The molecule has 0 bridgehead atoms. The van der Waals surface area contributed by atoms with Crippen molar-refractivity contribution in [3.05, 3.63) is 66.2 Å². The van der Waals surface area contributed by atoms with E-state index in [2.05, 4.69) is 12.6 Å². The van der Waals surface area contributed by atoms with Gasteiger partial charge in [-0.1, -0.05) is 30.8 Å². The van der Waals surface area contributed by atoms with E-state index in [1.54, 1.807) is 12.1 Å². The molecule has 0 saturated carbocycles. The van der Waals surface area contributed by atoms with Gasteiger partial charge in [0.2, 0.25) is 0 Å². The second kappa shape index (κ2) is 6.59. The minimum Gasteiger partial charge on any atom is -0.487 e. The Morgan fingerprint density at radius 2 is 1.75 bits per heavy atom. The van der Waals surface area contributed by atoms with Crippen molar-refractivity contribution in [2.75, 3.05) is 0 Å². The highest BCUT2D eigenvalue weighted by Crippen LogP contribution is 2.26. The van der Waals surface area contributed by atoms with Crippen molar-refractivity contribution in [1.29, 1.82) is 5.26 Å². The van der Waals surface area contributed by atoms with Crippen LogP contribution in [0.3, 0.4) is 0 Å². The number of cyclic esters (lactones) is 1. The lowest BCUT2D eigenvalue weighted by Crippen LogP contribution is -2.28. The van der Waals surface area contributed by atoms with Crippen molar-refractivity contribution in [2.24, 2.45) is 0 Å². The maximum atomic E-state index is 11.4. The molecule has 0 aliphatic carbocycles. The molecular formula is C20H17NO3. The number of hydrogen-bond acceptors (Lipinski definition) is 4. The summed E-state index contributed by atoms with van der Waals surface area (Å²) in [7, 11) is 0. The van der Waals surface area contributed by atoms with Gasteiger partial charge in [0.05, 0.1) is 11.6 Å². The summed E-state index contributed by atoms with van der Waals surface area (Å²) in [5.74, 6) is 0.375. The van der Waals surface area contributed by atoms with Crippen LogP contribution in [0, 0.1) is 11.3 Å². The van der Waals surface area contributed by atoms with E-state index in [0.717, 1.165) is 11.1 Å². The maximum Gasteiger partial charge on any atom is 0.333 e. The molecule has 4 nitrogen and oxygen atoms in total. The summed E-state index contributed by atoms with van der Waals surface area (Å²) in [6.07, 6.45) is -0.0271. The predicted molar refractivity (Wildman–Crippen MR) is 90.3 cm³/mol. The minimum absolute atomic E-state index is 0.242. The van der Waals surface area contributed by atoms with Gasteiger partial charge >= 0.3 is 5.97 Å². The third-order valence-electron chi connectivity index (χ3n) is 4.04.